The molecule has 0 aliphatic carbocycles. The molecule has 2 aromatic carbocycles. The zero-order chi connectivity index (χ0) is 18.3. The third kappa shape index (κ3) is 2.99. The Bertz CT molecular complexity index is 960. The van der Waals surface area contributed by atoms with E-state index in [1.807, 2.05) is 42.4 Å². The average molecular weight is 348 g/mol. The SMILES string of the molecule is CN(C)C1CCc2ccccc2N(C(=O)c2ccc3cn(C)nc3c2)C1. The molecule has 26 heavy (non-hydrogen) atoms. The molecule has 0 spiro atoms. The maximum Gasteiger partial charge on any atom is 0.258 e. The number of fused-ring (bicyclic) bond motifs is 2. The number of rotatable bonds is 2. The number of nitrogens with zero attached hydrogens (tertiary/aromatic N) is 4. The molecule has 4 rings (SSSR count). The fourth-order valence-corrected chi connectivity index (χ4v) is 3.75. The second-order valence-electron chi connectivity index (χ2n) is 7.28. The quantitative estimate of drug-likeness (QED) is 0.715. The molecule has 1 atom stereocenters. The minimum atomic E-state index is 0.0405. The van der Waals surface area contributed by atoms with Gasteiger partial charge in [-0.25, -0.2) is 0 Å². The number of benzene rings is 2. The van der Waals surface area contributed by atoms with E-state index in [-0.39, 0.29) is 5.91 Å². The molecule has 2 heterocycles. The number of amides is 1. The van der Waals surface area contributed by atoms with Crippen LogP contribution in [0.25, 0.3) is 10.9 Å². The highest BCUT2D eigenvalue weighted by Gasteiger charge is 2.28. The van der Waals surface area contributed by atoms with Crippen molar-refractivity contribution in [1.29, 1.82) is 0 Å². The molecule has 1 aliphatic rings. The predicted molar refractivity (Wildman–Crippen MR) is 105 cm³/mol. The summed E-state index contributed by atoms with van der Waals surface area (Å²) in [6.45, 7) is 0.698. The van der Waals surface area contributed by atoms with Gasteiger partial charge in [-0.2, -0.15) is 5.10 Å². The molecular formula is C21H24N4O. The second-order valence-corrected chi connectivity index (χ2v) is 7.28. The Kier molecular flexibility index (Phi) is 4.24. The van der Waals surface area contributed by atoms with Gasteiger partial charge in [0.2, 0.25) is 0 Å². The fourth-order valence-electron chi connectivity index (χ4n) is 3.75. The fraction of sp³-hybridized carbons (Fsp3) is 0.333. The highest BCUT2D eigenvalue weighted by molar-refractivity contribution is 6.08. The summed E-state index contributed by atoms with van der Waals surface area (Å²) in [5.41, 5.74) is 3.81. The smallest absolute Gasteiger partial charge is 0.258 e. The third-order valence-electron chi connectivity index (χ3n) is 5.27. The number of likely N-dealkylation sites (N-methyl/N-ethyl adjacent to an activating group) is 1. The summed E-state index contributed by atoms with van der Waals surface area (Å²) in [6.07, 6.45) is 4.00. The van der Waals surface area contributed by atoms with Crippen LogP contribution >= 0.6 is 0 Å². The van der Waals surface area contributed by atoms with E-state index in [9.17, 15) is 4.79 Å². The van der Waals surface area contributed by atoms with Crippen LogP contribution in [0.15, 0.2) is 48.7 Å². The summed E-state index contributed by atoms with van der Waals surface area (Å²) in [4.78, 5) is 17.6. The van der Waals surface area contributed by atoms with Crippen LogP contribution in [-0.2, 0) is 13.5 Å². The second kappa shape index (κ2) is 6.57. The standard InChI is InChI=1S/C21H24N4O/c1-23(2)18-11-10-15-6-4-5-7-20(15)25(14-18)21(26)16-8-9-17-13-24(3)22-19(17)12-16/h4-9,12-13,18H,10-11,14H2,1-3H3. The minimum absolute atomic E-state index is 0.0405. The number of anilines is 1. The first-order valence-electron chi connectivity index (χ1n) is 9.02. The molecule has 0 saturated heterocycles. The van der Waals surface area contributed by atoms with Gasteiger partial charge in [0.15, 0.2) is 0 Å². The molecule has 0 bridgehead atoms. The summed E-state index contributed by atoms with van der Waals surface area (Å²) >= 11 is 0. The van der Waals surface area contributed by atoms with Crippen LogP contribution in [0.2, 0.25) is 0 Å². The lowest BCUT2D eigenvalue weighted by Crippen LogP contribution is -2.42. The normalized spacial score (nSPS) is 17.4. The van der Waals surface area contributed by atoms with E-state index in [0.29, 0.717) is 18.2 Å². The first kappa shape index (κ1) is 16.8. The molecule has 134 valence electrons. The Hall–Kier alpha value is -2.66. The largest absolute Gasteiger partial charge is 0.307 e. The van der Waals surface area contributed by atoms with Gasteiger partial charge in [0, 0.05) is 42.5 Å². The van der Waals surface area contributed by atoms with Crippen molar-refractivity contribution in [3.8, 4) is 0 Å². The van der Waals surface area contributed by atoms with Crippen LogP contribution < -0.4 is 4.90 Å². The van der Waals surface area contributed by atoms with Crippen molar-refractivity contribution in [3.63, 3.8) is 0 Å². The van der Waals surface area contributed by atoms with Crippen molar-refractivity contribution >= 4 is 22.5 Å². The lowest BCUT2D eigenvalue weighted by atomic mass is 10.1. The van der Waals surface area contributed by atoms with Crippen molar-refractivity contribution in [1.82, 2.24) is 14.7 Å². The van der Waals surface area contributed by atoms with Crippen molar-refractivity contribution in [3.05, 3.63) is 59.8 Å². The van der Waals surface area contributed by atoms with E-state index < -0.39 is 0 Å². The molecule has 0 saturated carbocycles. The number of carbonyl (C=O) groups excluding carboxylic acids is 1. The first-order valence-corrected chi connectivity index (χ1v) is 9.02. The Balaban J connectivity index is 1.75. The number of hydrogen-bond donors (Lipinski definition) is 0. The average Bonchev–Trinajstić information content (AvgIpc) is 2.89. The van der Waals surface area contributed by atoms with Gasteiger partial charge in [-0.15, -0.1) is 0 Å². The molecule has 0 N–H and O–H groups in total. The third-order valence-corrected chi connectivity index (χ3v) is 5.27. The predicted octanol–water partition coefficient (Wildman–Crippen LogP) is 3.10. The summed E-state index contributed by atoms with van der Waals surface area (Å²) in [7, 11) is 6.07. The van der Waals surface area contributed by atoms with Gasteiger partial charge in [-0.05, 0) is 50.7 Å². The zero-order valence-electron chi connectivity index (χ0n) is 15.5. The molecule has 3 aromatic rings. The lowest BCUT2D eigenvalue weighted by molar-refractivity contribution is 0.0980. The lowest BCUT2D eigenvalue weighted by Gasteiger charge is -2.29. The Labute approximate surface area is 153 Å². The molecule has 1 unspecified atom stereocenters. The maximum atomic E-state index is 13.4. The summed E-state index contributed by atoms with van der Waals surface area (Å²) < 4.78 is 1.78. The molecule has 1 amide bonds. The van der Waals surface area contributed by atoms with E-state index in [4.69, 9.17) is 0 Å². The van der Waals surface area contributed by atoms with Crippen LogP contribution in [0, 0.1) is 0 Å². The molecule has 5 nitrogen and oxygen atoms in total. The molecule has 5 heteroatoms. The van der Waals surface area contributed by atoms with Crippen LogP contribution in [0.1, 0.15) is 22.3 Å². The van der Waals surface area contributed by atoms with Crippen molar-refractivity contribution < 1.29 is 4.79 Å². The van der Waals surface area contributed by atoms with Crippen molar-refractivity contribution in [2.45, 2.75) is 18.9 Å². The van der Waals surface area contributed by atoms with Gasteiger partial charge in [0.05, 0.1) is 5.52 Å². The minimum Gasteiger partial charge on any atom is -0.307 e. The van der Waals surface area contributed by atoms with Crippen molar-refractivity contribution in [2.75, 3.05) is 25.5 Å². The number of carbonyl (C=O) groups is 1. The Morgan fingerprint density at radius 2 is 2.00 bits per heavy atom. The molecule has 0 radical (unpaired) electrons. The maximum absolute atomic E-state index is 13.4. The molecule has 1 aliphatic heterocycles. The number of para-hydroxylation sites is 1. The first-order chi connectivity index (χ1) is 12.5. The summed E-state index contributed by atoms with van der Waals surface area (Å²) in [5.74, 6) is 0.0405. The van der Waals surface area contributed by atoms with Gasteiger partial charge >= 0.3 is 0 Å². The van der Waals surface area contributed by atoms with Crippen LogP contribution in [0.5, 0.6) is 0 Å². The topological polar surface area (TPSA) is 41.4 Å². The number of aromatic nitrogens is 2. The van der Waals surface area contributed by atoms with Crippen LogP contribution in [0.4, 0.5) is 5.69 Å². The summed E-state index contributed by atoms with van der Waals surface area (Å²) in [6, 6.07) is 14.4. The molecule has 0 fully saturated rings. The van der Waals surface area contributed by atoms with Gasteiger partial charge < -0.3 is 9.80 Å². The van der Waals surface area contributed by atoms with Gasteiger partial charge in [0.1, 0.15) is 0 Å². The van der Waals surface area contributed by atoms with Gasteiger partial charge in [0.25, 0.3) is 5.91 Å². The Morgan fingerprint density at radius 3 is 2.81 bits per heavy atom. The van der Waals surface area contributed by atoms with E-state index in [1.165, 1.54) is 5.56 Å². The van der Waals surface area contributed by atoms with Crippen molar-refractivity contribution in [2.24, 2.45) is 7.05 Å². The Morgan fingerprint density at radius 1 is 1.19 bits per heavy atom. The van der Waals surface area contributed by atoms with Gasteiger partial charge in [-0.3, -0.25) is 9.48 Å². The zero-order valence-corrected chi connectivity index (χ0v) is 15.5. The molecular weight excluding hydrogens is 324 g/mol. The van der Waals surface area contributed by atoms with E-state index in [0.717, 1.165) is 29.4 Å². The monoisotopic (exact) mass is 348 g/mol. The highest BCUT2D eigenvalue weighted by atomic mass is 16.2. The molecule has 1 aromatic heterocycles. The highest BCUT2D eigenvalue weighted by Crippen LogP contribution is 2.29. The summed E-state index contributed by atoms with van der Waals surface area (Å²) in [5, 5.41) is 5.49. The number of hydrogen-bond acceptors (Lipinski definition) is 3. The van der Waals surface area contributed by atoms with E-state index in [1.54, 1.807) is 4.68 Å². The van der Waals surface area contributed by atoms with Gasteiger partial charge in [-0.1, -0.05) is 24.3 Å². The van der Waals surface area contributed by atoms with Crippen LogP contribution in [-0.4, -0.2) is 47.3 Å². The van der Waals surface area contributed by atoms with Crippen LogP contribution in [0.3, 0.4) is 0 Å². The number of aryl methyl sites for hydroxylation is 2. The van der Waals surface area contributed by atoms with E-state index >= 15 is 0 Å². The van der Waals surface area contributed by atoms with E-state index in [2.05, 4.69) is 42.3 Å².